The fourth-order valence-electron chi connectivity index (χ4n) is 4.12. The zero-order valence-corrected chi connectivity index (χ0v) is 23.3. The van der Waals surface area contributed by atoms with Crippen molar-refractivity contribution >= 4 is 27.5 Å². The molecule has 0 saturated heterocycles. The molecule has 0 aliphatic heterocycles. The first-order valence-electron chi connectivity index (χ1n) is 12.7. The van der Waals surface area contributed by atoms with Gasteiger partial charge in [0, 0.05) is 25.6 Å². The second-order valence-corrected chi connectivity index (χ2v) is 11.4. The molecule has 0 fully saturated rings. The van der Waals surface area contributed by atoms with E-state index in [-0.39, 0.29) is 30.8 Å². The van der Waals surface area contributed by atoms with Gasteiger partial charge in [-0.1, -0.05) is 50.2 Å². The predicted octanol–water partition coefficient (Wildman–Crippen LogP) is 4.57. The minimum atomic E-state index is -3.51. The van der Waals surface area contributed by atoms with Crippen LogP contribution < -0.4 is 9.62 Å². The van der Waals surface area contributed by atoms with Crippen LogP contribution >= 0.6 is 0 Å². The summed E-state index contributed by atoms with van der Waals surface area (Å²) in [4.78, 5) is 28.3. The second kappa shape index (κ2) is 13.4. The van der Waals surface area contributed by atoms with Crippen molar-refractivity contribution in [3.63, 3.8) is 0 Å². The van der Waals surface area contributed by atoms with Crippen molar-refractivity contribution in [2.24, 2.45) is 0 Å². The highest BCUT2D eigenvalue weighted by atomic mass is 32.2. The molecule has 2 aromatic carbocycles. The molecule has 0 unspecified atom stereocenters. The third-order valence-corrected chi connectivity index (χ3v) is 7.62. The fourth-order valence-corrected chi connectivity index (χ4v) is 5.08. The summed E-state index contributed by atoms with van der Waals surface area (Å²) < 4.78 is 26.3. The molecule has 2 aromatic rings. The molecule has 0 radical (unpaired) electrons. The Hall–Kier alpha value is -2.87. The number of nitrogens with zero attached hydrogens (tertiary/aromatic N) is 2. The maximum Gasteiger partial charge on any atom is 0.243 e. The molecule has 7 nitrogen and oxygen atoms in total. The van der Waals surface area contributed by atoms with E-state index in [4.69, 9.17) is 0 Å². The lowest BCUT2D eigenvalue weighted by molar-refractivity contribution is -0.141. The van der Waals surface area contributed by atoms with Crippen molar-refractivity contribution in [3.8, 4) is 0 Å². The molecule has 2 amide bonds. The fraction of sp³-hybridized carbons (Fsp3) is 0.500. The maximum absolute atomic E-state index is 13.5. The number of nitrogens with one attached hydrogen (secondary N) is 1. The Labute approximate surface area is 216 Å². The normalized spacial score (nSPS) is 13.1. The molecule has 1 N–H and O–H groups in total. The van der Waals surface area contributed by atoms with Crippen LogP contribution in [0.15, 0.2) is 48.5 Å². The minimum Gasteiger partial charge on any atom is -0.352 e. The highest BCUT2D eigenvalue weighted by Crippen LogP contribution is 2.21. The first-order valence-corrected chi connectivity index (χ1v) is 14.5. The lowest BCUT2D eigenvalue weighted by atomic mass is 10.0. The molecule has 36 heavy (non-hydrogen) atoms. The molecule has 0 aliphatic carbocycles. The molecule has 2 rings (SSSR count). The Morgan fingerprint density at radius 2 is 1.69 bits per heavy atom. The van der Waals surface area contributed by atoms with E-state index < -0.39 is 16.1 Å². The summed E-state index contributed by atoms with van der Waals surface area (Å²) >= 11 is 0. The number of benzene rings is 2. The zero-order chi connectivity index (χ0) is 26.9. The van der Waals surface area contributed by atoms with E-state index in [0.29, 0.717) is 25.1 Å². The molecule has 0 saturated carbocycles. The molecule has 8 heteroatoms. The van der Waals surface area contributed by atoms with Gasteiger partial charge in [-0.3, -0.25) is 13.9 Å². The molecular formula is C28H41N3O4S. The number of sulfonamides is 1. The number of rotatable bonds is 13. The smallest absolute Gasteiger partial charge is 0.243 e. The van der Waals surface area contributed by atoms with Gasteiger partial charge in [0.1, 0.15) is 6.04 Å². The molecule has 198 valence electrons. The summed E-state index contributed by atoms with van der Waals surface area (Å²) in [5, 5.41) is 3.02. The van der Waals surface area contributed by atoms with Crippen molar-refractivity contribution in [2.75, 3.05) is 17.1 Å². The van der Waals surface area contributed by atoms with Gasteiger partial charge in [-0.15, -0.1) is 0 Å². The van der Waals surface area contributed by atoms with Gasteiger partial charge in [-0.2, -0.15) is 0 Å². The van der Waals surface area contributed by atoms with Crippen LogP contribution in [0.5, 0.6) is 0 Å². The van der Waals surface area contributed by atoms with Crippen LogP contribution in [0.25, 0.3) is 0 Å². The number of carbonyl (C=O) groups excluding carboxylic acids is 2. The van der Waals surface area contributed by atoms with E-state index in [2.05, 4.69) is 5.32 Å². The van der Waals surface area contributed by atoms with E-state index in [1.54, 1.807) is 11.0 Å². The average Bonchev–Trinajstić information content (AvgIpc) is 2.81. The van der Waals surface area contributed by atoms with Gasteiger partial charge >= 0.3 is 0 Å². The topological polar surface area (TPSA) is 86.8 Å². The lowest BCUT2D eigenvalue weighted by Gasteiger charge is -2.32. The van der Waals surface area contributed by atoms with E-state index in [0.717, 1.165) is 23.1 Å². The maximum atomic E-state index is 13.5. The van der Waals surface area contributed by atoms with Crippen LogP contribution in [0.4, 0.5) is 5.69 Å². The summed E-state index contributed by atoms with van der Waals surface area (Å²) in [6.07, 6.45) is 2.94. The van der Waals surface area contributed by atoms with Gasteiger partial charge in [-0.25, -0.2) is 8.42 Å². The number of anilines is 1. The van der Waals surface area contributed by atoms with Gasteiger partial charge < -0.3 is 10.2 Å². The molecule has 0 spiro atoms. The van der Waals surface area contributed by atoms with Gasteiger partial charge in [0.15, 0.2) is 0 Å². The summed E-state index contributed by atoms with van der Waals surface area (Å²) in [6, 6.07) is 14.5. The third kappa shape index (κ3) is 8.36. The highest BCUT2D eigenvalue weighted by Gasteiger charge is 2.29. The minimum absolute atomic E-state index is 0.0135. The van der Waals surface area contributed by atoms with Crippen molar-refractivity contribution in [1.82, 2.24) is 10.2 Å². The molecule has 0 aromatic heterocycles. The first kappa shape index (κ1) is 29.4. The summed E-state index contributed by atoms with van der Waals surface area (Å²) in [6.45, 7) is 10.3. The molecule has 0 aliphatic rings. The monoisotopic (exact) mass is 515 g/mol. The van der Waals surface area contributed by atoms with Crippen molar-refractivity contribution < 1.29 is 18.0 Å². The summed E-state index contributed by atoms with van der Waals surface area (Å²) in [7, 11) is -3.51. The van der Waals surface area contributed by atoms with Crippen LogP contribution in [0.1, 0.15) is 63.1 Å². The Morgan fingerprint density at radius 1 is 1.00 bits per heavy atom. The largest absolute Gasteiger partial charge is 0.352 e. The van der Waals surface area contributed by atoms with Crippen LogP contribution in [-0.4, -0.2) is 50.0 Å². The van der Waals surface area contributed by atoms with E-state index in [1.807, 2.05) is 77.1 Å². The Morgan fingerprint density at radius 3 is 2.28 bits per heavy atom. The third-order valence-electron chi connectivity index (χ3n) is 6.43. The van der Waals surface area contributed by atoms with Crippen molar-refractivity contribution in [2.45, 2.75) is 78.9 Å². The SMILES string of the molecule is CC[C@@H](C)NC(=O)[C@H](CC)N(Cc1ccccc1C)C(=O)CCCN(c1cccc(C)c1)S(C)(=O)=O. The average molecular weight is 516 g/mol. The molecule has 2 atom stereocenters. The van der Waals surface area contributed by atoms with Gasteiger partial charge in [0.25, 0.3) is 0 Å². The van der Waals surface area contributed by atoms with Gasteiger partial charge in [0.05, 0.1) is 11.9 Å². The number of hydrogen-bond donors (Lipinski definition) is 1. The van der Waals surface area contributed by atoms with Crippen LogP contribution in [0.2, 0.25) is 0 Å². The van der Waals surface area contributed by atoms with Crippen LogP contribution in [0.3, 0.4) is 0 Å². The number of amides is 2. The Balaban J connectivity index is 2.24. The quantitative estimate of drug-likeness (QED) is 0.423. The van der Waals surface area contributed by atoms with Crippen LogP contribution in [-0.2, 0) is 26.2 Å². The standard InChI is InChI=1S/C28H41N3O4S/c1-7-23(5)29-28(33)26(8-2)30(20-24-15-10-9-14-22(24)4)27(32)17-12-18-31(36(6,34)35)25-16-11-13-21(3)19-25/h9-11,13-16,19,23,26H,7-8,12,17-18,20H2,1-6H3,(H,29,33)/t23-,26+/m1/s1. The number of carbonyl (C=O) groups is 2. The van der Waals surface area contributed by atoms with Crippen LogP contribution in [0, 0.1) is 13.8 Å². The number of hydrogen-bond acceptors (Lipinski definition) is 4. The molecule has 0 bridgehead atoms. The predicted molar refractivity (Wildman–Crippen MR) is 146 cm³/mol. The highest BCUT2D eigenvalue weighted by molar-refractivity contribution is 7.92. The molecular weight excluding hydrogens is 474 g/mol. The Bertz CT molecular complexity index is 1130. The summed E-state index contributed by atoms with van der Waals surface area (Å²) in [5.74, 6) is -0.326. The second-order valence-electron chi connectivity index (χ2n) is 9.47. The van der Waals surface area contributed by atoms with E-state index in [1.165, 1.54) is 10.6 Å². The van der Waals surface area contributed by atoms with Crippen molar-refractivity contribution in [1.29, 1.82) is 0 Å². The van der Waals surface area contributed by atoms with Gasteiger partial charge in [0.2, 0.25) is 21.8 Å². The van der Waals surface area contributed by atoms with E-state index in [9.17, 15) is 18.0 Å². The van der Waals surface area contributed by atoms with E-state index >= 15 is 0 Å². The first-order chi connectivity index (χ1) is 17.0. The summed E-state index contributed by atoms with van der Waals surface area (Å²) in [5.41, 5.74) is 3.58. The molecule has 0 heterocycles. The number of aryl methyl sites for hydroxylation is 2. The lowest BCUT2D eigenvalue weighted by Crippen LogP contribution is -2.50. The Kier molecular flexibility index (Phi) is 11.0. The zero-order valence-electron chi connectivity index (χ0n) is 22.5. The van der Waals surface area contributed by atoms with Crippen molar-refractivity contribution in [3.05, 3.63) is 65.2 Å². The van der Waals surface area contributed by atoms with Gasteiger partial charge in [-0.05, 0) is 68.9 Å².